The molecule has 0 bridgehead atoms. The normalized spacial score (nSPS) is 10.1. The average Bonchev–Trinajstić information content (AvgIpc) is 2.25. The van der Waals surface area contributed by atoms with Crippen molar-refractivity contribution in [3.8, 4) is 0 Å². The fourth-order valence-corrected chi connectivity index (χ4v) is 1.46. The summed E-state index contributed by atoms with van der Waals surface area (Å²) in [5, 5.41) is 19.5. The quantitative estimate of drug-likeness (QED) is 0.614. The molecule has 1 rings (SSSR count). The Kier molecular flexibility index (Phi) is 3.99. The molecule has 5 nitrogen and oxygen atoms in total. The molecule has 0 aromatic heterocycles. The number of nitro groups is 1. The highest BCUT2D eigenvalue weighted by Crippen LogP contribution is 2.19. The summed E-state index contributed by atoms with van der Waals surface area (Å²) in [7, 11) is 0. The Bertz CT molecular complexity index is 414. The van der Waals surface area contributed by atoms with E-state index in [-0.39, 0.29) is 11.3 Å². The summed E-state index contributed by atoms with van der Waals surface area (Å²) in [6.45, 7) is 2.01. The van der Waals surface area contributed by atoms with Crippen LogP contribution in [0.3, 0.4) is 0 Å². The van der Waals surface area contributed by atoms with Gasteiger partial charge in [-0.3, -0.25) is 10.1 Å². The highest BCUT2D eigenvalue weighted by molar-refractivity contribution is 5.90. The minimum Gasteiger partial charge on any atom is -0.478 e. The fraction of sp³-hybridized carbons (Fsp3) is 0.364. The molecule has 0 amide bonds. The van der Waals surface area contributed by atoms with Gasteiger partial charge in [0.15, 0.2) is 0 Å². The Morgan fingerprint density at radius 3 is 2.69 bits per heavy atom. The molecule has 5 heteroatoms. The van der Waals surface area contributed by atoms with Gasteiger partial charge >= 0.3 is 5.97 Å². The molecule has 0 heterocycles. The molecule has 0 fully saturated rings. The minimum absolute atomic E-state index is 0.0302. The summed E-state index contributed by atoms with van der Waals surface area (Å²) in [5.74, 6) is -1.12. The van der Waals surface area contributed by atoms with E-state index in [9.17, 15) is 14.9 Å². The second-order valence-corrected chi connectivity index (χ2v) is 3.51. The van der Waals surface area contributed by atoms with Gasteiger partial charge in [-0.15, -0.1) is 0 Å². The fourth-order valence-electron chi connectivity index (χ4n) is 1.46. The number of nitro benzene ring substituents is 1. The standard InChI is InChI=1S/C11H13NO4/c1-2-3-4-8-5-6-9(12(15)16)7-10(8)11(13)14/h5-7H,2-4H2,1H3,(H,13,14). The molecule has 0 radical (unpaired) electrons. The van der Waals surface area contributed by atoms with Crippen LogP contribution in [0.25, 0.3) is 0 Å². The molecule has 0 unspecified atom stereocenters. The van der Waals surface area contributed by atoms with E-state index in [4.69, 9.17) is 5.11 Å². The third kappa shape index (κ3) is 2.79. The number of hydrogen-bond acceptors (Lipinski definition) is 3. The van der Waals surface area contributed by atoms with Gasteiger partial charge in [0.2, 0.25) is 0 Å². The van der Waals surface area contributed by atoms with Crippen molar-refractivity contribution in [3.05, 3.63) is 39.4 Å². The molecule has 0 aliphatic heterocycles. The van der Waals surface area contributed by atoms with E-state index in [2.05, 4.69) is 0 Å². The number of aromatic carboxylic acids is 1. The maximum Gasteiger partial charge on any atom is 0.336 e. The Morgan fingerprint density at radius 2 is 2.19 bits per heavy atom. The molecule has 0 aliphatic rings. The van der Waals surface area contributed by atoms with Crippen LogP contribution in [0, 0.1) is 10.1 Å². The SMILES string of the molecule is CCCCc1ccc([N+](=O)[O-])cc1C(=O)O. The second-order valence-electron chi connectivity index (χ2n) is 3.51. The Morgan fingerprint density at radius 1 is 1.50 bits per heavy atom. The number of non-ortho nitro benzene ring substituents is 1. The summed E-state index contributed by atoms with van der Waals surface area (Å²) in [6.07, 6.45) is 2.46. The lowest BCUT2D eigenvalue weighted by molar-refractivity contribution is -0.384. The lowest BCUT2D eigenvalue weighted by Gasteiger charge is -2.04. The van der Waals surface area contributed by atoms with Crippen molar-refractivity contribution in [2.75, 3.05) is 0 Å². The van der Waals surface area contributed by atoms with E-state index in [1.807, 2.05) is 6.92 Å². The van der Waals surface area contributed by atoms with Gasteiger partial charge in [0.1, 0.15) is 0 Å². The second kappa shape index (κ2) is 5.25. The maximum absolute atomic E-state index is 10.9. The predicted octanol–water partition coefficient (Wildman–Crippen LogP) is 2.64. The molecule has 1 aromatic rings. The lowest BCUT2D eigenvalue weighted by atomic mass is 10.0. The van der Waals surface area contributed by atoms with Crippen LogP contribution in [-0.2, 0) is 6.42 Å². The highest BCUT2D eigenvalue weighted by atomic mass is 16.6. The molecule has 0 saturated carbocycles. The van der Waals surface area contributed by atoms with Crippen molar-refractivity contribution in [1.29, 1.82) is 0 Å². The largest absolute Gasteiger partial charge is 0.478 e. The van der Waals surface area contributed by atoms with Gasteiger partial charge in [0, 0.05) is 12.1 Å². The monoisotopic (exact) mass is 223 g/mol. The molecule has 1 N–H and O–H groups in total. The molecular weight excluding hydrogens is 210 g/mol. The van der Waals surface area contributed by atoms with Crippen LogP contribution in [0.5, 0.6) is 0 Å². The maximum atomic E-state index is 10.9. The Balaban J connectivity index is 3.09. The topological polar surface area (TPSA) is 80.4 Å². The van der Waals surface area contributed by atoms with Crippen LogP contribution in [0.1, 0.15) is 35.7 Å². The number of aryl methyl sites for hydroxylation is 1. The number of benzene rings is 1. The van der Waals surface area contributed by atoms with Gasteiger partial charge in [-0.25, -0.2) is 4.79 Å². The van der Waals surface area contributed by atoms with E-state index in [0.717, 1.165) is 18.9 Å². The van der Waals surface area contributed by atoms with Crippen LogP contribution in [-0.4, -0.2) is 16.0 Å². The third-order valence-corrected chi connectivity index (χ3v) is 2.33. The van der Waals surface area contributed by atoms with Crippen molar-refractivity contribution in [1.82, 2.24) is 0 Å². The molecule has 0 aliphatic carbocycles. The zero-order chi connectivity index (χ0) is 12.1. The molecule has 0 saturated heterocycles. The predicted molar refractivity (Wildman–Crippen MR) is 58.7 cm³/mol. The molecule has 1 aromatic carbocycles. The van der Waals surface area contributed by atoms with Crippen molar-refractivity contribution < 1.29 is 14.8 Å². The van der Waals surface area contributed by atoms with E-state index in [0.29, 0.717) is 12.0 Å². The van der Waals surface area contributed by atoms with Crippen molar-refractivity contribution in [2.24, 2.45) is 0 Å². The first-order chi connectivity index (χ1) is 7.56. The van der Waals surface area contributed by atoms with E-state index in [1.54, 1.807) is 0 Å². The molecule has 0 spiro atoms. The van der Waals surface area contributed by atoms with Crippen LogP contribution < -0.4 is 0 Å². The number of carbonyl (C=O) groups is 1. The smallest absolute Gasteiger partial charge is 0.336 e. The molecular formula is C11H13NO4. The highest BCUT2D eigenvalue weighted by Gasteiger charge is 2.15. The first-order valence-corrected chi connectivity index (χ1v) is 5.07. The van der Waals surface area contributed by atoms with Gasteiger partial charge in [0.05, 0.1) is 10.5 Å². The van der Waals surface area contributed by atoms with E-state index < -0.39 is 10.9 Å². The summed E-state index contributed by atoms with van der Waals surface area (Å²) in [6, 6.07) is 3.99. The zero-order valence-corrected chi connectivity index (χ0v) is 8.97. The average molecular weight is 223 g/mol. The molecule has 0 atom stereocenters. The third-order valence-electron chi connectivity index (χ3n) is 2.33. The molecule has 16 heavy (non-hydrogen) atoms. The number of rotatable bonds is 5. The summed E-state index contributed by atoms with van der Waals surface area (Å²) < 4.78 is 0. The molecule has 86 valence electrons. The summed E-state index contributed by atoms with van der Waals surface area (Å²) in [4.78, 5) is 20.9. The summed E-state index contributed by atoms with van der Waals surface area (Å²) in [5.41, 5.74) is 0.500. The number of carboxylic acids is 1. The van der Waals surface area contributed by atoms with Gasteiger partial charge in [0.25, 0.3) is 5.69 Å². The lowest BCUT2D eigenvalue weighted by Crippen LogP contribution is -2.03. The number of unbranched alkanes of at least 4 members (excludes halogenated alkanes) is 1. The van der Waals surface area contributed by atoms with Gasteiger partial charge in [-0.05, 0) is 18.4 Å². The first kappa shape index (κ1) is 12.2. The van der Waals surface area contributed by atoms with Gasteiger partial charge in [-0.1, -0.05) is 19.4 Å². The van der Waals surface area contributed by atoms with Crippen LogP contribution in [0.4, 0.5) is 5.69 Å². The number of carboxylic acid groups (broad SMARTS) is 1. The first-order valence-electron chi connectivity index (χ1n) is 5.07. The zero-order valence-electron chi connectivity index (χ0n) is 8.97. The minimum atomic E-state index is -1.12. The van der Waals surface area contributed by atoms with Gasteiger partial charge in [-0.2, -0.15) is 0 Å². The van der Waals surface area contributed by atoms with Crippen molar-refractivity contribution >= 4 is 11.7 Å². The van der Waals surface area contributed by atoms with Crippen molar-refractivity contribution in [3.63, 3.8) is 0 Å². The van der Waals surface area contributed by atoms with E-state index in [1.165, 1.54) is 12.1 Å². The van der Waals surface area contributed by atoms with Crippen LogP contribution in [0.2, 0.25) is 0 Å². The van der Waals surface area contributed by atoms with Crippen molar-refractivity contribution in [2.45, 2.75) is 26.2 Å². The Labute approximate surface area is 92.9 Å². The van der Waals surface area contributed by atoms with Gasteiger partial charge < -0.3 is 5.11 Å². The van der Waals surface area contributed by atoms with Crippen LogP contribution in [0.15, 0.2) is 18.2 Å². The van der Waals surface area contributed by atoms with Crippen LogP contribution >= 0.6 is 0 Å². The summed E-state index contributed by atoms with van der Waals surface area (Å²) >= 11 is 0. The number of nitrogens with zero attached hydrogens (tertiary/aromatic N) is 1. The van der Waals surface area contributed by atoms with E-state index >= 15 is 0 Å². The Hall–Kier alpha value is -1.91. The number of hydrogen-bond donors (Lipinski definition) is 1.